The molecule has 0 aromatic heterocycles. The van der Waals surface area contributed by atoms with Crippen molar-refractivity contribution in [2.45, 2.75) is 60.3 Å². The summed E-state index contributed by atoms with van der Waals surface area (Å²) >= 11 is 0. The lowest BCUT2D eigenvalue weighted by Gasteiger charge is -2.47. The van der Waals surface area contributed by atoms with Gasteiger partial charge in [0.15, 0.2) is 0 Å². The van der Waals surface area contributed by atoms with Crippen LogP contribution < -0.4 is 5.32 Å². The van der Waals surface area contributed by atoms with Crippen molar-refractivity contribution in [3.8, 4) is 0 Å². The summed E-state index contributed by atoms with van der Waals surface area (Å²) in [6, 6.07) is 0. The monoisotopic (exact) mass is 225 g/mol. The fourth-order valence-electron chi connectivity index (χ4n) is 3.94. The van der Waals surface area contributed by atoms with Crippen LogP contribution in [0.15, 0.2) is 0 Å². The molecule has 0 amide bonds. The second kappa shape index (κ2) is 5.08. The largest absolute Gasteiger partial charge is 0.320 e. The molecule has 0 spiro atoms. The molecule has 0 radical (unpaired) electrons. The molecule has 0 heterocycles. The lowest BCUT2D eigenvalue weighted by Crippen LogP contribution is -2.36. The highest BCUT2D eigenvalue weighted by Gasteiger charge is 2.39. The van der Waals surface area contributed by atoms with E-state index in [2.05, 4.69) is 47.0 Å². The van der Waals surface area contributed by atoms with Crippen molar-refractivity contribution < 1.29 is 0 Å². The van der Waals surface area contributed by atoms with Crippen LogP contribution in [0.1, 0.15) is 60.3 Å². The van der Waals surface area contributed by atoms with Crippen LogP contribution in [0.5, 0.6) is 0 Å². The predicted octanol–water partition coefficient (Wildman–Crippen LogP) is 4.08. The van der Waals surface area contributed by atoms with E-state index in [1.54, 1.807) is 0 Å². The van der Waals surface area contributed by atoms with E-state index in [0.29, 0.717) is 10.8 Å². The highest BCUT2D eigenvalue weighted by molar-refractivity contribution is 4.90. The van der Waals surface area contributed by atoms with Crippen LogP contribution >= 0.6 is 0 Å². The van der Waals surface area contributed by atoms with E-state index >= 15 is 0 Å². The van der Waals surface area contributed by atoms with Gasteiger partial charge in [-0.25, -0.2) is 0 Å². The maximum Gasteiger partial charge on any atom is -0.00493 e. The molecule has 1 heteroatoms. The fourth-order valence-corrected chi connectivity index (χ4v) is 3.94. The molecule has 1 saturated carbocycles. The summed E-state index contributed by atoms with van der Waals surface area (Å²) in [5, 5.41) is 3.28. The Labute approximate surface area is 102 Å². The van der Waals surface area contributed by atoms with Crippen molar-refractivity contribution in [2.24, 2.45) is 22.7 Å². The Kier molecular flexibility index (Phi) is 4.45. The van der Waals surface area contributed by atoms with Crippen molar-refractivity contribution in [3.63, 3.8) is 0 Å². The van der Waals surface area contributed by atoms with Crippen LogP contribution in [0.3, 0.4) is 0 Å². The minimum Gasteiger partial charge on any atom is -0.320 e. The molecule has 96 valence electrons. The molecular formula is C15H31N. The second-order valence-electron chi connectivity index (χ2n) is 7.54. The van der Waals surface area contributed by atoms with E-state index in [1.165, 1.54) is 32.2 Å². The third-order valence-corrected chi connectivity index (χ3v) is 4.24. The van der Waals surface area contributed by atoms with Gasteiger partial charge in [0.25, 0.3) is 0 Å². The first-order chi connectivity index (χ1) is 7.26. The van der Waals surface area contributed by atoms with Crippen LogP contribution in [0, 0.1) is 22.7 Å². The van der Waals surface area contributed by atoms with E-state index in [0.717, 1.165) is 11.8 Å². The lowest BCUT2D eigenvalue weighted by atomic mass is 9.59. The summed E-state index contributed by atoms with van der Waals surface area (Å²) in [4.78, 5) is 0. The van der Waals surface area contributed by atoms with Gasteiger partial charge in [0.1, 0.15) is 0 Å². The standard InChI is InChI=1S/C15H31N/c1-12(7-8-16-6)13-9-14(2,3)11-15(4,5)10-13/h12-13,16H,7-11H2,1-6H3. The average molecular weight is 225 g/mol. The highest BCUT2D eigenvalue weighted by atomic mass is 14.8. The first kappa shape index (κ1) is 14.0. The van der Waals surface area contributed by atoms with Gasteiger partial charge in [-0.05, 0) is 61.9 Å². The molecule has 1 atom stereocenters. The van der Waals surface area contributed by atoms with Crippen LogP contribution in [0.4, 0.5) is 0 Å². The van der Waals surface area contributed by atoms with E-state index in [9.17, 15) is 0 Å². The zero-order chi connectivity index (χ0) is 12.4. The molecule has 1 nitrogen and oxygen atoms in total. The number of hydrogen-bond donors (Lipinski definition) is 1. The van der Waals surface area contributed by atoms with Crippen LogP contribution in [-0.2, 0) is 0 Å². The fraction of sp³-hybridized carbons (Fsp3) is 1.00. The summed E-state index contributed by atoms with van der Waals surface area (Å²) in [6.07, 6.45) is 5.55. The van der Waals surface area contributed by atoms with Gasteiger partial charge in [0.05, 0.1) is 0 Å². The Morgan fingerprint density at radius 1 is 1.12 bits per heavy atom. The number of rotatable bonds is 4. The van der Waals surface area contributed by atoms with Gasteiger partial charge in [0, 0.05) is 0 Å². The van der Waals surface area contributed by atoms with E-state index in [1.807, 2.05) is 0 Å². The Balaban J connectivity index is 2.59. The minimum absolute atomic E-state index is 0.542. The molecule has 0 saturated heterocycles. The highest BCUT2D eigenvalue weighted by Crippen LogP contribution is 2.50. The van der Waals surface area contributed by atoms with E-state index in [4.69, 9.17) is 0 Å². The van der Waals surface area contributed by atoms with Gasteiger partial charge >= 0.3 is 0 Å². The molecule has 0 aromatic rings. The maximum atomic E-state index is 3.28. The molecule has 1 aliphatic rings. The summed E-state index contributed by atoms with van der Waals surface area (Å²) in [7, 11) is 2.06. The van der Waals surface area contributed by atoms with Gasteiger partial charge in [-0.1, -0.05) is 34.6 Å². The zero-order valence-electron chi connectivity index (χ0n) is 12.2. The Hall–Kier alpha value is -0.0400. The van der Waals surface area contributed by atoms with E-state index in [-0.39, 0.29) is 0 Å². The van der Waals surface area contributed by atoms with Gasteiger partial charge in [0.2, 0.25) is 0 Å². The lowest BCUT2D eigenvalue weighted by molar-refractivity contribution is 0.0417. The number of hydrogen-bond acceptors (Lipinski definition) is 1. The van der Waals surface area contributed by atoms with Crippen molar-refractivity contribution >= 4 is 0 Å². The molecule has 1 fully saturated rings. The second-order valence-corrected chi connectivity index (χ2v) is 7.54. The Bertz CT molecular complexity index is 201. The molecule has 1 aliphatic carbocycles. The van der Waals surface area contributed by atoms with Crippen LogP contribution in [-0.4, -0.2) is 13.6 Å². The minimum atomic E-state index is 0.542. The molecule has 16 heavy (non-hydrogen) atoms. The molecule has 0 aliphatic heterocycles. The topological polar surface area (TPSA) is 12.0 Å². The Morgan fingerprint density at radius 2 is 1.62 bits per heavy atom. The third-order valence-electron chi connectivity index (χ3n) is 4.24. The summed E-state index contributed by atoms with van der Waals surface area (Å²) in [5.41, 5.74) is 1.08. The third kappa shape index (κ3) is 4.08. The summed E-state index contributed by atoms with van der Waals surface area (Å²) < 4.78 is 0. The molecule has 1 N–H and O–H groups in total. The van der Waals surface area contributed by atoms with Crippen LogP contribution in [0.25, 0.3) is 0 Å². The Morgan fingerprint density at radius 3 is 2.06 bits per heavy atom. The molecular weight excluding hydrogens is 194 g/mol. The van der Waals surface area contributed by atoms with Crippen molar-refractivity contribution in [2.75, 3.05) is 13.6 Å². The molecule has 1 unspecified atom stereocenters. The molecule has 1 rings (SSSR count). The van der Waals surface area contributed by atoms with Crippen molar-refractivity contribution in [3.05, 3.63) is 0 Å². The van der Waals surface area contributed by atoms with Gasteiger partial charge < -0.3 is 5.32 Å². The summed E-state index contributed by atoms with van der Waals surface area (Å²) in [6.45, 7) is 13.4. The van der Waals surface area contributed by atoms with Crippen molar-refractivity contribution in [1.82, 2.24) is 5.32 Å². The van der Waals surface area contributed by atoms with Gasteiger partial charge in [-0.2, -0.15) is 0 Å². The maximum absolute atomic E-state index is 3.28. The van der Waals surface area contributed by atoms with Gasteiger partial charge in [-0.15, -0.1) is 0 Å². The first-order valence-electron chi connectivity index (χ1n) is 6.90. The molecule has 0 aromatic carbocycles. The first-order valence-corrected chi connectivity index (χ1v) is 6.90. The quantitative estimate of drug-likeness (QED) is 0.760. The van der Waals surface area contributed by atoms with E-state index < -0.39 is 0 Å². The predicted molar refractivity (Wildman–Crippen MR) is 72.6 cm³/mol. The molecule has 0 bridgehead atoms. The summed E-state index contributed by atoms with van der Waals surface area (Å²) in [5.74, 6) is 1.79. The zero-order valence-corrected chi connectivity index (χ0v) is 12.2. The normalized spacial score (nSPS) is 26.6. The smallest absolute Gasteiger partial charge is 0.00493 e. The van der Waals surface area contributed by atoms with Crippen molar-refractivity contribution in [1.29, 1.82) is 0 Å². The van der Waals surface area contributed by atoms with Crippen LogP contribution in [0.2, 0.25) is 0 Å². The average Bonchev–Trinajstić information content (AvgIpc) is 2.09. The SMILES string of the molecule is CNCCC(C)C1CC(C)(C)CC(C)(C)C1. The number of nitrogens with one attached hydrogen (secondary N) is 1. The van der Waals surface area contributed by atoms with Gasteiger partial charge in [-0.3, -0.25) is 0 Å².